The number of carbonyl (C=O) groups is 1. The quantitative estimate of drug-likeness (QED) is 0.452. The van der Waals surface area contributed by atoms with Crippen molar-refractivity contribution in [3.63, 3.8) is 0 Å². The Kier molecular flexibility index (Phi) is 6.45. The molecule has 1 atom stereocenters. The van der Waals surface area contributed by atoms with E-state index >= 15 is 0 Å². The van der Waals surface area contributed by atoms with Crippen LogP contribution in [0.25, 0.3) is 0 Å². The van der Waals surface area contributed by atoms with Crippen molar-refractivity contribution in [1.82, 2.24) is 5.32 Å². The van der Waals surface area contributed by atoms with Crippen molar-refractivity contribution in [2.75, 3.05) is 13.1 Å². The second-order valence-corrected chi connectivity index (χ2v) is 4.35. The van der Waals surface area contributed by atoms with E-state index in [0.29, 0.717) is 12.1 Å². The molecule has 5 heteroatoms. The van der Waals surface area contributed by atoms with Crippen LogP contribution in [0.1, 0.15) is 38.4 Å². The number of aliphatic hydroxyl groups excluding tert-OH is 1. The zero-order valence-electron chi connectivity index (χ0n) is 11.3. The predicted molar refractivity (Wildman–Crippen MR) is 70.4 cm³/mol. The van der Waals surface area contributed by atoms with E-state index < -0.39 is 17.9 Å². The van der Waals surface area contributed by atoms with Gasteiger partial charge in [0.2, 0.25) is 0 Å². The van der Waals surface area contributed by atoms with Gasteiger partial charge in [-0.15, -0.1) is 0 Å². The maximum Gasteiger partial charge on any atom is 0.308 e. The van der Waals surface area contributed by atoms with E-state index in [9.17, 15) is 14.3 Å². The minimum absolute atomic E-state index is 0.0669. The summed E-state index contributed by atoms with van der Waals surface area (Å²) in [6, 6.07) is 3.77. The van der Waals surface area contributed by atoms with E-state index in [1.54, 1.807) is 0 Å². The van der Waals surface area contributed by atoms with Gasteiger partial charge in [0, 0.05) is 25.1 Å². The summed E-state index contributed by atoms with van der Waals surface area (Å²) in [7, 11) is 0. The molecule has 0 aromatic heterocycles. The summed E-state index contributed by atoms with van der Waals surface area (Å²) in [5.74, 6) is -0.985. The molecule has 4 nitrogen and oxygen atoms in total. The first kappa shape index (κ1) is 15.6. The summed E-state index contributed by atoms with van der Waals surface area (Å²) < 4.78 is 18.0. The van der Waals surface area contributed by atoms with Crippen LogP contribution in [0.2, 0.25) is 0 Å². The molecule has 0 fully saturated rings. The van der Waals surface area contributed by atoms with E-state index in [1.165, 1.54) is 19.1 Å². The van der Waals surface area contributed by atoms with Gasteiger partial charge >= 0.3 is 5.97 Å². The smallest absolute Gasteiger partial charge is 0.308 e. The van der Waals surface area contributed by atoms with Crippen LogP contribution in [0.3, 0.4) is 0 Å². The topological polar surface area (TPSA) is 58.6 Å². The van der Waals surface area contributed by atoms with Gasteiger partial charge < -0.3 is 15.2 Å². The van der Waals surface area contributed by atoms with Gasteiger partial charge in [-0.3, -0.25) is 4.79 Å². The lowest BCUT2D eigenvalue weighted by Gasteiger charge is -2.15. The van der Waals surface area contributed by atoms with E-state index in [4.69, 9.17) is 4.74 Å². The van der Waals surface area contributed by atoms with Gasteiger partial charge in [-0.25, -0.2) is 4.39 Å². The number of hydrogen-bond acceptors (Lipinski definition) is 4. The molecule has 0 aliphatic heterocycles. The van der Waals surface area contributed by atoms with Crippen LogP contribution in [0.5, 0.6) is 5.75 Å². The van der Waals surface area contributed by atoms with Crippen molar-refractivity contribution in [3.8, 4) is 5.75 Å². The third-order valence-corrected chi connectivity index (χ3v) is 2.63. The van der Waals surface area contributed by atoms with E-state index in [1.807, 2.05) is 0 Å². The highest BCUT2D eigenvalue weighted by Gasteiger charge is 2.15. The van der Waals surface area contributed by atoms with Gasteiger partial charge in [0.1, 0.15) is 11.6 Å². The highest BCUT2D eigenvalue weighted by molar-refractivity contribution is 5.69. The first-order valence-electron chi connectivity index (χ1n) is 6.41. The van der Waals surface area contributed by atoms with Gasteiger partial charge in [0.15, 0.2) is 0 Å². The van der Waals surface area contributed by atoms with E-state index in [2.05, 4.69) is 12.2 Å². The molecule has 1 rings (SSSR count). The number of nitrogens with one attached hydrogen (secondary N) is 1. The van der Waals surface area contributed by atoms with Crippen LogP contribution in [-0.2, 0) is 4.79 Å². The molecular weight excluding hydrogens is 249 g/mol. The second kappa shape index (κ2) is 7.86. The number of halogens is 1. The van der Waals surface area contributed by atoms with Crippen LogP contribution >= 0.6 is 0 Å². The molecule has 0 radical (unpaired) electrons. The number of unbranched alkanes of at least 4 members (excludes halogenated alkanes) is 1. The minimum Gasteiger partial charge on any atom is -0.426 e. The SMILES string of the molecule is CCCCNCC(O)c1ccc(F)cc1OC(C)=O. The summed E-state index contributed by atoms with van der Waals surface area (Å²) in [5, 5.41) is 13.1. The van der Waals surface area contributed by atoms with Gasteiger partial charge in [-0.05, 0) is 25.1 Å². The standard InChI is InChI=1S/C14H20FNO3/c1-3-4-7-16-9-13(18)12-6-5-11(15)8-14(12)19-10(2)17/h5-6,8,13,16,18H,3-4,7,9H2,1-2H3. The third-order valence-electron chi connectivity index (χ3n) is 2.63. The lowest BCUT2D eigenvalue weighted by atomic mass is 10.1. The van der Waals surface area contributed by atoms with Crippen molar-refractivity contribution < 1.29 is 19.0 Å². The Morgan fingerprint density at radius 2 is 2.26 bits per heavy atom. The predicted octanol–water partition coefficient (Wildman–Crippen LogP) is 2.17. The Hall–Kier alpha value is -1.46. The van der Waals surface area contributed by atoms with Crippen LogP contribution in [0.15, 0.2) is 18.2 Å². The van der Waals surface area contributed by atoms with Crippen LogP contribution in [-0.4, -0.2) is 24.2 Å². The lowest BCUT2D eigenvalue weighted by Crippen LogP contribution is -2.23. The molecule has 0 aliphatic rings. The van der Waals surface area contributed by atoms with Crippen molar-refractivity contribution in [2.45, 2.75) is 32.8 Å². The van der Waals surface area contributed by atoms with Crippen molar-refractivity contribution in [1.29, 1.82) is 0 Å². The molecular formula is C14H20FNO3. The van der Waals surface area contributed by atoms with Crippen molar-refractivity contribution in [2.24, 2.45) is 0 Å². The first-order valence-corrected chi connectivity index (χ1v) is 6.41. The van der Waals surface area contributed by atoms with Gasteiger partial charge in [-0.2, -0.15) is 0 Å². The first-order chi connectivity index (χ1) is 9.04. The molecule has 2 N–H and O–H groups in total. The zero-order valence-corrected chi connectivity index (χ0v) is 11.3. The molecule has 0 amide bonds. The highest BCUT2D eigenvalue weighted by Crippen LogP contribution is 2.26. The molecule has 0 bridgehead atoms. The number of carbonyl (C=O) groups excluding carboxylic acids is 1. The summed E-state index contributed by atoms with van der Waals surface area (Å²) in [5.41, 5.74) is 0.403. The number of rotatable bonds is 7. The van der Waals surface area contributed by atoms with Gasteiger partial charge in [0.25, 0.3) is 0 Å². The number of aliphatic hydroxyl groups is 1. The largest absolute Gasteiger partial charge is 0.426 e. The average Bonchev–Trinajstić information content (AvgIpc) is 2.34. The van der Waals surface area contributed by atoms with Gasteiger partial charge in [-0.1, -0.05) is 13.3 Å². The van der Waals surface area contributed by atoms with Crippen LogP contribution < -0.4 is 10.1 Å². The zero-order chi connectivity index (χ0) is 14.3. The molecule has 19 heavy (non-hydrogen) atoms. The molecule has 1 aromatic carbocycles. The number of benzene rings is 1. The number of ether oxygens (including phenoxy) is 1. The third kappa shape index (κ3) is 5.36. The summed E-state index contributed by atoms with van der Waals surface area (Å²) in [6.07, 6.45) is 1.25. The minimum atomic E-state index is -0.841. The molecule has 0 saturated heterocycles. The molecule has 0 aliphatic carbocycles. The average molecular weight is 269 g/mol. The Balaban J connectivity index is 2.71. The van der Waals surface area contributed by atoms with Crippen molar-refractivity contribution >= 4 is 5.97 Å². The van der Waals surface area contributed by atoms with Crippen LogP contribution in [0, 0.1) is 5.82 Å². The number of hydrogen-bond donors (Lipinski definition) is 2. The molecule has 0 spiro atoms. The summed E-state index contributed by atoms with van der Waals surface area (Å²) in [4.78, 5) is 11.0. The molecule has 0 heterocycles. The monoisotopic (exact) mass is 269 g/mol. The lowest BCUT2D eigenvalue weighted by molar-refractivity contribution is -0.132. The fourth-order valence-corrected chi connectivity index (χ4v) is 1.68. The fraction of sp³-hybridized carbons (Fsp3) is 0.500. The molecule has 106 valence electrons. The fourth-order valence-electron chi connectivity index (χ4n) is 1.68. The normalized spacial score (nSPS) is 12.2. The number of esters is 1. The van der Waals surface area contributed by atoms with E-state index in [-0.39, 0.29) is 5.75 Å². The summed E-state index contributed by atoms with van der Waals surface area (Å²) in [6.45, 7) is 4.45. The van der Waals surface area contributed by atoms with Crippen LogP contribution in [0.4, 0.5) is 4.39 Å². The Labute approximate surface area is 112 Å². The Morgan fingerprint density at radius 1 is 1.53 bits per heavy atom. The molecule has 1 unspecified atom stereocenters. The Bertz CT molecular complexity index is 423. The summed E-state index contributed by atoms with van der Waals surface area (Å²) >= 11 is 0. The van der Waals surface area contributed by atoms with Crippen molar-refractivity contribution in [3.05, 3.63) is 29.6 Å². The highest BCUT2D eigenvalue weighted by atomic mass is 19.1. The molecule has 1 aromatic rings. The Morgan fingerprint density at radius 3 is 2.89 bits per heavy atom. The van der Waals surface area contributed by atoms with E-state index in [0.717, 1.165) is 25.5 Å². The van der Waals surface area contributed by atoms with Gasteiger partial charge in [0.05, 0.1) is 6.10 Å². The second-order valence-electron chi connectivity index (χ2n) is 4.35. The maximum absolute atomic E-state index is 13.1. The molecule has 0 saturated carbocycles. The maximum atomic E-state index is 13.1.